The maximum Gasteiger partial charge on any atom is 0.243 e. The maximum atomic E-state index is 11.5. The van der Waals surface area contributed by atoms with E-state index >= 15 is 0 Å². The van der Waals surface area contributed by atoms with Crippen LogP contribution in [0.5, 0.6) is 0 Å². The zero-order valence-electron chi connectivity index (χ0n) is 8.82. The summed E-state index contributed by atoms with van der Waals surface area (Å²) in [7, 11) is 1.73. The van der Waals surface area contributed by atoms with Gasteiger partial charge in [-0.15, -0.1) is 0 Å². The number of hydrogen-bond donors (Lipinski definition) is 1. The first kappa shape index (κ1) is 10.7. The smallest absolute Gasteiger partial charge is 0.243 e. The second kappa shape index (κ2) is 4.24. The summed E-state index contributed by atoms with van der Waals surface area (Å²) in [4.78, 5) is 13.1. The van der Waals surface area contributed by atoms with Crippen molar-refractivity contribution in [3.05, 3.63) is 29.8 Å². The second-order valence-electron chi connectivity index (χ2n) is 3.52. The van der Waals surface area contributed by atoms with Crippen LogP contribution in [-0.4, -0.2) is 19.0 Å². The van der Waals surface area contributed by atoms with Gasteiger partial charge >= 0.3 is 0 Å². The first-order valence-electron chi connectivity index (χ1n) is 4.62. The summed E-state index contributed by atoms with van der Waals surface area (Å²) in [6, 6.07) is 7.31. The molecule has 0 aliphatic rings. The predicted molar refractivity (Wildman–Crippen MR) is 58.2 cm³/mol. The Bertz CT molecular complexity index is 317. The maximum absolute atomic E-state index is 11.5. The standard InChI is InChI=1S/C11H16N2O/c1-8-4-6-10(7-5-8)13(3)11(14)9(2)12/h4-7,9H,12H2,1-3H3/t9-/m0/s1. The van der Waals surface area contributed by atoms with Crippen molar-refractivity contribution in [2.45, 2.75) is 19.9 Å². The van der Waals surface area contributed by atoms with Gasteiger partial charge in [-0.25, -0.2) is 0 Å². The van der Waals surface area contributed by atoms with Crippen LogP contribution >= 0.6 is 0 Å². The van der Waals surface area contributed by atoms with Crippen LogP contribution < -0.4 is 10.6 Å². The highest BCUT2D eigenvalue weighted by atomic mass is 16.2. The molecule has 0 aromatic heterocycles. The van der Waals surface area contributed by atoms with Crippen molar-refractivity contribution < 1.29 is 4.79 Å². The molecule has 0 radical (unpaired) electrons. The van der Waals surface area contributed by atoms with E-state index in [0.717, 1.165) is 5.69 Å². The Kier molecular flexibility index (Phi) is 3.25. The zero-order valence-corrected chi connectivity index (χ0v) is 8.82. The quantitative estimate of drug-likeness (QED) is 0.767. The van der Waals surface area contributed by atoms with Gasteiger partial charge in [0.05, 0.1) is 6.04 Å². The van der Waals surface area contributed by atoms with Gasteiger partial charge in [0.15, 0.2) is 0 Å². The highest BCUT2D eigenvalue weighted by molar-refractivity contribution is 5.96. The number of aryl methyl sites for hydroxylation is 1. The van der Waals surface area contributed by atoms with Crippen LogP contribution in [0, 0.1) is 6.92 Å². The van der Waals surface area contributed by atoms with E-state index in [-0.39, 0.29) is 5.91 Å². The third-order valence-electron chi connectivity index (χ3n) is 2.14. The van der Waals surface area contributed by atoms with E-state index in [9.17, 15) is 4.79 Å². The average molecular weight is 192 g/mol. The molecule has 0 bridgehead atoms. The molecule has 0 saturated heterocycles. The van der Waals surface area contributed by atoms with Crippen LogP contribution in [0.2, 0.25) is 0 Å². The minimum Gasteiger partial charge on any atom is -0.320 e. The number of carbonyl (C=O) groups is 1. The molecule has 0 saturated carbocycles. The molecule has 3 heteroatoms. The Morgan fingerprint density at radius 1 is 1.36 bits per heavy atom. The van der Waals surface area contributed by atoms with Crippen molar-refractivity contribution in [3.8, 4) is 0 Å². The molecule has 1 amide bonds. The van der Waals surface area contributed by atoms with E-state index in [4.69, 9.17) is 5.73 Å². The molecule has 2 N–H and O–H groups in total. The normalized spacial score (nSPS) is 12.3. The van der Waals surface area contributed by atoms with Gasteiger partial charge in [-0.2, -0.15) is 0 Å². The molecule has 3 nitrogen and oxygen atoms in total. The van der Waals surface area contributed by atoms with Gasteiger partial charge in [0.1, 0.15) is 0 Å². The van der Waals surface area contributed by atoms with E-state index in [2.05, 4.69) is 0 Å². The number of anilines is 1. The minimum atomic E-state index is -0.457. The van der Waals surface area contributed by atoms with Crippen LogP contribution in [-0.2, 0) is 4.79 Å². The van der Waals surface area contributed by atoms with Crippen molar-refractivity contribution >= 4 is 11.6 Å². The number of amides is 1. The fraction of sp³-hybridized carbons (Fsp3) is 0.364. The van der Waals surface area contributed by atoms with Crippen LogP contribution in [0.15, 0.2) is 24.3 Å². The average Bonchev–Trinajstić information content (AvgIpc) is 2.16. The van der Waals surface area contributed by atoms with E-state index in [1.807, 2.05) is 31.2 Å². The van der Waals surface area contributed by atoms with Gasteiger partial charge in [-0.1, -0.05) is 17.7 Å². The zero-order chi connectivity index (χ0) is 10.7. The molecule has 0 heterocycles. The summed E-state index contributed by atoms with van der Waals surface area (Å²) in [6.45, 7) is 3.70. The van der Waals surface area contributed by atoms with Gasteiger partial charge in [-0.3, -0.25) is 4.79 Å². The lowest BCUT2D eigenvalue weighted by molar-refractivity contribution is -0.119. The van der Waals surface area contributed by atoms with Gasteiger partial charge in [0, 0.05) is 12.7 Å². The molecule has 1 rings (SSSR count). The molecule has 1 aromatic carbocycles. The van der Waals surface area contributed by atoms with Gasteiger partial charge < -0.3 is 10.6 Å². The number of benzene rings is 1. The second-order valence-corrected chi connectivity index (χ2v) is 3.52. The molecule has 0 aliphatic carbocycles. The lowest BCUT2D eigenvalue weighted by atomic mass is 10.2. The van der Waals surface area contributed by atoms with Crippen molar-refractivity contribution in [1.29, 1.82) is 0 Å². The summed E-state index contributed by atoms with van der Waals surface area (Å²) >= 11 is 0. The van der Waals surface area contributed by atoms with E-state index in [1.54, 1.807) is 18.9 Å². The first-order valence-corrected chi connectivity index (χ1v) is 4.62. The summed E-state index contributed by atoms with van der Waals surface area (Å²) in [5.41, 5.74) is 7.56. The number of likely N-dealkylation sites (N-methyl/N-ethyl adjacent to an activating group) is 1. The number of hydrogen-bond acceptors (Lipinski definition) is 2. The third kappa shape index (κ3) is 2.33. The SMILES string of the molecule is Cc1ccc(N(C)C(=O)[C@H](C)N)cc1. The van der Waals surface area contributed by atoms with Crippen molar-refractivity contribution in [2.75, 3.05) is 11.9 Å². The monoisotopic (exact) mass is 192 g/mol. The number of rotatable bonds is 2. The summed E-state index contributed by atoms with van der Waals surface area (Å²) in [5.74, 6) is -0.0751. The Labute approximate surface area is 84.5 Å². The molecule has 0 aliphatic heterocycles. The van der Waals surface area contributed by atoms with E-state index in [0.29, 0.717) is 0 Å². The van der Waals surface area contributed by atoms with Crippen LogP contribution in [0.1, 0.15) is 12.5 Å². The van der Waals surface area contributed by atoms with E-state index < -0.39 is 6.04 Å². The number of nitrogens with zero attached hydrogens (tertiary/aromatic N) is 1. The largest absolute Gasteiger partial charge is 0.320 e. The predicted octanol–water partition coefficient (Wildman–Crippen LogP) is 1.31. The Morgan fingerprint density at radius 2 is 1.86 bits per heavy atom. The number of nitrogens with two attached hydrogens (primary N) is 1. The van der Waals surface area contributed by atoms with Gasteiger partial charge in [0.2, 0.25) is 5.91 Å². The third-order valence-corrected chi connectivity index (χ3v) is 2.14. The fourth-order valence-electron chi connectivity index (χ4n) is 1.20. The summed E-state index contributed by atoms with van der Waals surface area (Å²) in [6.07, 6.45) is 0. The molecule has 76 valence electrons. The fourth-order valence-corrected chi connectivity index (χ4v) is 1.20. The molecular weight excluding hydrogens is 176 g/mol. The highest BCUT2D eigenvalue weighted by Gasteiger charge is 2.14. The lowest BCUT2D eigenvalue weighted by Crippen LogP contribution is -2.39. The number of carbonyl (C=O) groups excluding carboxylic acids is 1. The van der Waals surface area contributed by atoms with Crippen LogP contribution in [0.25, 0.3) is 0 Å². The highest BCUT2D eigenvalue weighted by Crippen LogP contribution is 2.13. The van der Waals surface area contributed by atoms with Gasteiger partial charge in [0.25, 0.3) is 0 Å². The van der Waals surface area contributed by atoms with Crippen LogP contribution in [0.4, 0.5) is 5.69 Å². The lowest BCUT2D eigenvalue weighted by Gasteiger charge is -2.19. The summed E-state index contributed by atoms with van der Waals surface area (Å²) in [5, 5.41) is 0. The van der Waals surface area contributed by atoms with Crippen molar-refractivity contribution in [3.63, 3.8) is 0 Å². The molecule has 0 spiro atoms. The molecule has 0 fully saturated rings. The Hall–Kier alpha value is -1.35. The van der Waals surface area contributed by atoms with Crippen molar-refractivity contribution in [1.82, 2.24) is 0 Å². The molecule has 14 heavy (non-hydrogen) atoms. The van der Waals surface area contributed by atoms with E-state index in [1.165, 1.54) is 5.56 Å². The molecule has 1 aromatic rings. The van der Waals surface area contributed by atoms with Gasteiger partial charge in [-0.05, 0) is 26.0 Å². The van der Waals surface area contributed by atoms with Crippen LogP contribution in [0.3, 0.4) is 0 Å². The van der Waals surface area contributed by atoms with Crippen molar-refractivity contribution in [2.24, 2.45) is 5.73 Å². The topological polar surface area (TPSA) is 46.3 Å². The Balaban J connectivity index is 2.84. The molecular formula is C11H16N2O. The minimum absolute atomic E-state index is 0.0751. The molecule has 0 unspecified atom stereocenters. The molecule has 1 atom stereocenters. The Morgan fingerprint density at radius 3 is 2.29 bits per heavy atom. The first-order chi connectivity index (χ1) is 6.52. The summed E-state index contributed by atoms with van der Waals surface area (Å²) < 4.78 is 0.